The van der Waals surface area contributed by atoms with Crippen LogP contribution in [0.1, 0.15) is 27.7 Å². The van der Waals surface area contributed by atoms with Crippen molar-refractivity contribution in [2.45, 2.75) is 58.4 Å². The van der Waals surface area contributed by atoms with Crippen LogP contribution in [0.15, 0.2) is 0 Å². The Morgan fingerprint density at radius 3 is 2.19 bits per heavy atom. The highest BCUT2D eigenvalue weighted by Gasteiger charge is 2.48. The number of rotatable bonds is 8. The van der Waals surface area contributed by atoms with E-state index in [0.29, 0.717) is 19.8 Å². The maximum absolute atomic E-state index is 11.4. The van der Waals surface area contributed by atoms with Gasteiger partial charge in [0, 0.05) is 26.7 Å². The highest BCUT2D eigenvalue weighted by molar-refractivity contribution is 5.66. The van der Waals surface area contributed by atoms with Gasteiger partial charge in [-0.25, -0.2) is 0 Å². The Hall–Kier alpha value is -0.730. The first kappa shape index (κ1) is 18.3. The van der Waals surface area contributed by atoms with E-state index in [9.17, 15) is 9.90 Å². The Kier molecular flexibility index (Phi) is 8.13. The summed E-state index contributed by atoms with van der Waals surface area (Å²) in [4.78, 5) is 11.4. The SMILES string of the molecule is CCOC[C@H]1O[C@H](O)[C@@H](OCC)[C@@H](OC(C)=O)[C@@H]1OCC. The molecule has 1 rings (SSSR count). The van der Waals surface area contributed by atoms with Crippen molar-refractivity contribution in [1.29, 1.82) is 0 Å². The fourth-order valence-electron chi connectivity index (χ4n) is 2.35. The minimum Gasteiger partial charge on any atom is -0.457 e. The molecule has 0 bridgehead atoms. The molecule has 124 valence electrons. The Morgan fingerprint density at radius 1 is 1.05 bits per heavy atom. The molecular formula is C14H26O7. The average Bonchev–Trinajstić information content (AvgIpc) is 2.43. The maximum atomic E-state index is 11.4. The third-order valence-electron chi connectivity index (χ3n) is 3.12. The molecule has 7 heteroatoms. The number of esters is 1. The van der Waals surface area contributed by atoms with Gasteiger partial charge in [-0.3, -0.25) is 4.79 Å². The van der Waals surface area contributed by atoms with Crippen molar-refractivity contribution in [2.24, 2.45) is 0 Å². The number of aliphatic hydroxyl groups excluding tert-OH is 1. The van der Waals surface area contributed by atoms with Crippen molar-refractivity contribution < 1.29 is 33.6 Å². The predicted octanol–water partition coefficient (Wildman–Crippen LogP) is 0.482. The van der Waals surface area contributed by atoms with Gasteiger partial charge in [-0.1, -0.05) is 0 Å². The molecule has 0 saturated carbocycles. The second-order valence-electron chi connectivity index (χ2n) is 4.64. The zero-order chi connectivity index (χ0) is 15.8. The summed E-state index contributed by atoms with van der Waals surface area (Å²) in [6, 6.07) is 0. The van der Waals surface area contributed by atoms with E-state index in [1.807, 2.05) is 13.8 Å². The highest BCUT2D eigenvalue weighted by atomic mass is 16.7. The molecule has 0 aromatic carbocycles. The number of ether oxygens (including phenoxy) is 5. The van der Waals surface area contributed by atoms with E-state index in [2.05, 4.69) is 0 Å². The molecule has 1 N–H and O–H groups in total. The molecule has 7 nitrogen and oxygen atoms in total. The van der Waals surface area contributed by atoms with Crippen molar-refractivity contribution >= 4 is 5.97 Å². The summed E-state index contributed by atoms with van der Waals surface area (Å²) in [6.45, 7) is 8.34. The molecule has 0 aliphatic carbocycles. The minimum absolute atomic E-state index is 0.245. The molecule has 1 fully saturated rings. The Labute approximate surface area is 125 Å². The molecule has 0 unspecified atom stereocenters. The molecular weight excluding hydrogens is 280 g/mol. The lowest BCUT2D eigenvalue weighted by molar-refractivity contribution is -0.305. The predicted molar refractivity (Wildman–Crippen MR) is 73.8 cm³/mol. The number of hydrogen-bond acceptors (Lipinski definition) is 7. The molecule has 0 aromatic rings. The van der Waals surface area contributed by atoms with Crippen LogP contribution in [0.5, 0.6) is 0 Å². The van der Waals surface area contributed by atoms with Gasteiger partial charge >= 0.3 is 5.97 Å². The van der Waals surface area contributed by atoms with Gasteiger partial charge in [0.25, 0.3) is 0 Å². The summed E-state index contributed by atoms with van der Waals surface area (Å²) in [7, 11) is 0. The first-order valence-corrected chi connectivity index (χ1v) is 7.36. The van der Waals surface area contributed by atoms with E-state index >= 15 is 0 Å². The quantitative estimate of drug-likeness (QED) is 0.653. The molecule has 1 aliphatic heterocycles. The van der Waals surface area contributed by atoms with Crippen molar-refractivity contribution in [1.82, 2.24) is 0 Å². The van der Waals surface area contributed by atoms with E-state index in [1.54, 1.807) is 6.92 Å². The van der Waals surface area contributed by atoms with Crippen molar-refractivity contribution in [3.63, 3.8) is 0 Å². The second kappa shape index (κ2) is 9.32. The molecule has 0 radical (unpaired) electrons. The molecule has 5 atom stereocenters. The average molecular weight is 306 g/mol. The normalized spacial score (nSPS) is 32.9. The lowest BCUT2D eigenvalue weighted by Gasteiger charge is -2.43. The van der Waals surface area contributed by atoms with Gasteiger partial charge in [0.15, 0.2) is 12.4 Å². The standard InChI is InChI=1S/C14H26O7/c1-5-17-8-10-11(18-6-2)12(20-9(4)15)13(19-7-3)14(16)21-10/h10-14,16H,5-8H2,1-4H3/t10-,11-,12+,13+,14+/m1/s1. The zero-order valence-corrected chi connectivity index (χ0v) is 13.1. The first-order valence-electron chi connectivity index (χ1n) is 7.36. The summed E-state index contributed by atoms with van der Waals surface area (Å²) < 4.78 is 27.3. The van der Waals surface area contributed by atoms with Crippen LogP contribution >= 0.6 is 0 Å². The van der Waals surface area contributed by atoms with Crippen LogP contribution in [0.2, 0.25) is 0 Å². The van der Waals surface area contributed by atoms with Gasteiger partial charge in [-0.05, 0) is 20.8 Å². The second-order valence-corrected chi connectivity index (χ2v) is 4.64. The summed E-state index contributed by atoms with van der Waals surface area (Å²) in [5.74, 6) is -0.460. The number of carbonyl (C=O) groups is 1. The van der Waals surface area contributed by atoms with Crippen LogP contribution in [0, 0.1) is 0 Å². The van der Waals surface area contributed by atoms with E-state index in [0.717, 1.165) is 0 Å². The van der Waals surface area contributed by atoms with Gasteiger partial charge in [0.2, 0.25) is 0 Å². The highest BCUT2D eigenvalue weighted by Crippen LogP contribution is 2.27. The number of hydrogen-bond donors (Lipinski definition) is 1. The maximum Gasteiger partial charge on any atom is 0.303 e. The van der Waals surface area contributed by atoms with Crippen molar-refractivity contribution in [3.05, 3.63) is 0 Å². The molecule has 0 spiro atoms. The Balaban J connectivity index is 2.92. The molecule has 1 aliphatic rings. The third kappa shape index (κ3) is 5.19. The van der Waals surface area contributed by atoms with Crippen molar-refractivity contribution in [3.8, 4) is 0 Å². The number of carbonyl (C=O) groups excluding carboxylic acids is 1. The van der Waals surface area contributed by atoms with E-state index in [1.165, 1.54) is 6.92 Å². The van der Waals surface area contributed by atoms with Gasteiger partial charge in [-0.15, -0.1) is 0 Å². The zero-order valence-electron chi connectivity index (χ0n) is 13.1. The fraction of sp³-hybridized carbons (Fsp3) is 0.929. The van der Waals surface area contributed by atoms with Crippen LogP contribution in [0.4, 0.5) is 0 Å². The van der Waals surface area contributed by atoms with Crippen molar-refractivity contribution in [2.75, 3.05) is 26.4 Å². The summed E-state index contributed by atoms with van der Waals surface area (Å²) >= 11 is 0. The van der Waals surface area contributed by atoms with Crippen LogP contribution < -0.4 is 0 Å². The number of aliphatic hydroxyl groups is 1. The molecule has 0 aromatic heterocycles. The third-order valence-corrected chi connectivity index (χ3v) is 3.12. The van der Waals surface area contributed by atoms with Crippen LogP contribution in [0.3, 0.4) is 0 Å². The molecule has 0 amide bonds. The minimum atomic E-state index is -1.20. The van der Waals surface area contributed by atoms with Gasteiger partial charge in [-0.2, -0.15) is 0 Å². The van der Waals surface area contributed by atoms with Crippen LogP contribution in [-0.2, 0) is 28.5 Å². The van der Waals surface area contributed by atoms with E-state index in [4.69, 9.17) is 23.7 Å². The first-order chi connectivity index (χ1) is 10.0. The van der Waals surface area contributed by atoms with Gasteiger partial charge in [0.05, 0.1) is 6.61 Å². The lowest BCUT2D eigenvalue weighted by atomic mass is 9.98. The van der Waals surface area contributed by atoms with E-state index in [-0.39, 0.29) is 6.61 Å². The van der Waals surface area contributed by atoms with Crippen LogP contribution in [0.25, 0.3) is 0 Å². The van der Waals surface area contributed by atoms with Gasteiger partial charge in [0.1, 0.15) is 18.3 Å². The fourth-order valence-corrected chi connectivity index (χ4v) is 2.35. The lowest BCUT2D eigenvalue weighted by Crippen LogP contribution is -2.61. The topological polar surface area (TPSA) is 83.5 Å². The summed E-state index contributed by atoms with van der Waals surface area (Å²) in [6.07, 6.45) is -3.80. The molecule has 1 heterocycles. The molecule has 1 saturated heterocycles. The van der Waals surface area contributed by atoms with E-state index < -0.39 is 36.7 Å². The largest absolute Gasteiger partial charge is 0.457 e. The Bertz CT molecular complexity index is 310. The van der Waals surface area contributed by atoms with Crippen LogP contribution in [-0.4, -0.2) is 68.2 Å². The Morgan fingerprint density at radius 2 is 1.67 bits per heavy atom. The smallest absolute Gasteiger partial charge is 0.303 e. The monoisotopic (exact) mass is 306 g/mol. The summed E-state index contributed by atoms with van der Waals surface area (Å²) in [5.41, 5.74) is 0. The molecule has 21 heavy (non-hydrogen) atoms. The van der Waals surface area contributed by atoms with Gasteiger partial charge < -0.3 is 28.8 Å². The summed E-state index contributed by atoms with van der Waals surface area (Å²) in [5, 5.41) is 10.1.